The summed E-state index contributed by atoms with van der Waals surface area (Å²) in [6.07, 6.45) is 3.69. The van der Waals surface area contributed by atoms with E-state index in [0.717, 1.165) is 29.3 Å². The minimum Gasteiger partial charge on any atom is -0.497 e. The second-order valence-electron chi connectivity index (χ2n) is 4.54. The van der Waals surface area contributed by atoms with Crippen molar-refractivity contribution in [2.45, 2.75) is 33.1 Å². The summed E-state index contributed by atoms with van der Waals surface area (Å²) < 4.78 is 5.18. The summed E-state index contributed by atoms with van der Waals surface area (Å²) in [6.45, 7) is 4.58. The van der Waals surface area contributed by atoms with Crippen LogP contribution >= 0.6 is 15.9 Å². The van der Waals surface area contributed by atoms with Gasteiger partial charge in [0.2, 0.25) is 0 Å². The van der Waals surface area contributed by atoms with Crippen LogP contribution in [0.3, 0.4) is 0 Å². The lowest BCUT2D eigenvalue weighted by molar-refractivity contribution is 0.342. The van der Waals surface area contributed by atoms with Gasteiger partial charge in [0.05, 0.1) is 7.11 Å². The molecule has 1 aromatic rings. The molecule has 1 atom stereocenters. The van der Waals surface area contributed by atoms with Crippen molar-refractivity contribution in [2.24, 2.45) is 11.8 Å². The highest BCUT2D eigenvalue weighted by atomic mass is 79.9. The molecular formula is C15H23BrO. The minimum atomic E-state index is 0.735. The van der Waals surface area contributed by atoms with Crippen molar-refractivity contribution in [3.63, 3.8) is 0 Å². The maximum absolute atomic E-state index is 5.18. The highest BCUT2D eigenvalue weighted by Gasteiger charge is 2.17. The normalized spacial score (nSPS) is 12.8. The Morgan fingerprint density at radius 3 is 2.06 bits per heavy atom. The molecule has 0 aromatic heterocycles. The van der Waals surface area contributed by atoms with Crippen LogP contribution < -0.4 is 4.74 Å². The molecule has 0 bridgehead atoms. The molecule has 2 heteroatoms. The Kier molecular flexibility index (Phi) is 6.64. The number of methoxy groups -OCH3 is 1. The minimum absolute atomic E-state index is 0.735. The van der Waals surface area contributed by atoms with E-state index in [9.17, 15) is 0 Å². The van der Waals surface area contributed by atoms with E-state index in [1.807, 2.05) is 12.1 Å². The smallest absolute Gasteiger partial charge is 0.118 e. The molecule has 0 fully saturated rings. The Hall–Kier alpha value is -0.500. The molecule has 1 rings (SSSR count). The average molecular weight is 299 g/mol. The van der Waals surface area contributed by atoms with Crippen LogP contribution in [0.1, 0.15) is 32.3 Å². The zero-order valence-corrected chi connectivity index (χ0v) is 12.7. The molecule has 0 saturated carbocycles. The molecular weight excluding hydrogens is 276 g/mol. The van der Waals surface area contributed by atoms with Gasteiger partial charge in [-0.2, -0.15) is 0 Å². The van der Waals surface area contributed by atoms with Gasteiger partial charge in [0.25, 0.3) is 0 Å². The molecule has 0 N–H and O–H groups in total. The number of hydrogen-bond donors (Lipinski definition) is 0. The fourth-order valence-electron chi connectivity index (χ4n) is 2.37. The van der Waals surface area contributed by atoms with Gasteiger partial charge in [-0.1, -0.05) is 54.8 Å². The molecule has 0 spiro atoms. The van der Waals surface area contributed by atoms with Crippen molar-refractivity contribution in [3.8, 4) is 5.75 Å². The lowest BCUT2D eigenvalue weighted by Crippen LogP contribution is -2.17. The predicted molar refractivity (Wildman–Crippen MR) is 78.1 cm³/mol. The Labute approximate surface area is 114 Å². The Morgan fingerprint density at radius 1 is 1.06 bits per heavy atom. The van der Waals surface area contributed by atoms with Crippen LogP contribution in [0.4, 0.5) is 0 Å². The molecule has 1 nitrogen and oxygen atoms in total. The van der Waals surface area contributed by atoms with Crippen molar-refractivity contribution in [1.82, 2.24) is 0 Å². The van der Waals surface area contributed by atoms with E-state index in [4.69, 9.17) is 4.74 Å². The largest absolute Gasteiger partial charge is 0.497 e. The zero-order valence-electron chi connectivity index (χ0n) is 11.1. The first-order chi connectivity index (χ1) is 8.24. The van der Waals surface area contributed by atoms with Gasteiger partial charge in [-0.3, -0.25) is 0 Å². The zero-order chi connectivity index (χ0) is 12.7. The summed E-state index contributed by atoms with van der Waals surface area (Å²) in [5.74, 6) is 2.49. The standard InChI is InChI=1S/C15H23BrO/c1-4-13(5-2)14(11-16)10-12-6-8-15(17-3)9-7-12/h6-9,13-14H,4-5,10-11H2,1-3H3. The number of benzene rings is 1. The Morgan fingerprint density at radius 2 is 1.65 bits per heavy atom. The van der Waals surface area contributed by atoms with Crippen LogP contribution in [-0.2, 0) is 6.42 Å². The van der Waals surface area contributed by atoms with Gasteiger partial charge in [0.15, 0.2) is 0 Å². The van der Waals surface area contributed by atoms with Crippen molar-refractivity contribution < 1.29 is 4.74 Å². The first-order valence-corrected chi connectivity index (χ1v) is 7.56. The van der Waals surface area contributed by atoms with Gasteiger partial charge in [-0.15, -0.1) is 0 Å². The third-order valence-corrected chi connectivity index (χ3v) is 4.40. The average Bonchev–Trinajstić information content (AvgIpc) is 2.39. The summed E-state index contributed by atoms with van der Waals surface area (Å²) in [4.78, 5) is 0. The van der Waals surface area contributed by atoms with E-state index in [1.165, 1.54) is 18.4 Å². The van der Waals surface area contributed by atoms with Crippen LogP contribution in [0.2, 0.25) is 0 Å². The first-order valence-electron chi connectivity index (χ1n) is 6.44. The number of rotatable bonds is 7. The van der Waals surface area contributed by atoms with Gasteiger partial charge < -0.3 is 4.74 Å². The van der Waals surface area contributed by atoms with Crippen molar-refractivity contribution in [2.75, 3.05) is 12.4 Å². The van der Waals surface area contributed by atoms with Gasteiger partial charge in [0, 0.05) is 5.33 Å². The fraction of sp³-hybridized carbons (Fsp3) is 0.600. The third kappa shape index (κ3) is 4.34. The summed E-state index contributed by atoms with van der Waals surface area (Å²) >= 11 is 3.66. The van der Waals surface area contributed by atoms with Gasteiger partial charge >= 0.3 is 0 Å². The lowest BCUT2D eigenvalue weighted by atomic mass is 9.85. The molecule has 1 aromatic carbocycles. The quantitative estimate of drug-likeness (QED) is 0.664. The highest BCUT2D eigenvalue weighted by molar-refractivity contribution is 9.09. The topological polar surface area (TPSA) is 9.23 Å². The highest BCUT2D eigenvalue weighted by Crippen LogP contribution is 2.26. The number of ether oxygens (including phenoxy) is 1. The third-order valence-electron chi connectivity index (χ3n) is 3.57. The fourth-order valence-corrected chi connectivity index (χ4v) is 3.12. The molecule has 0 radical (unpaired) electrons. The molecule has 96 valence electrons. The van der Waals surface area contributed by atoms with Gasteiger partial charge in [-0.25, -0.2) is 0 Å². The van der Waals surface area contributed by atoms with E-state index in [-0.39, 0.29) is 0 Å². The van der Waals surface area contributed by atoms with E-state index >= 15 is 0 Å². The maximum Gasteiger partial charge on any atom is 0.118 e. The molecule has 0 aliphatic heterocycles. The lowest BCUT2D eigenvalue weighted by Gasteiger charge is -2.23. The number of hydrogen-bond acceptors (Lipinski definition) is 1. The van der Waals surface area contributed by atoms with Crippen LogP contribution in [0, 0.1) is 11.8 Å². The molecule has 17 heavy (non-hydrogen) atoms. The molecule has 1 unspecified atom stereocenters. The number of halogens is 1. The summed E-state index contributed by atoms with van der Waals surface area (Å²) in [6, 6.07) is 8.45. The maximum atomic E-state index is 5.18. The summed E-state index contributed by atoms with van der Waals surface area (Å²) in [5, 5.41) is 1.09. The predicted octanol–water partition coefficient (Wildman–Crippen LogP) is 4.69. The molecule has 0 saturated heterocycles. The van der Waals surface area contributed by atoms with Crippen LogP contribution in [0.25, 0.3) is 0 Å². The van der Waals surface area contributed by atoms with Crippen LogP contribution in [0.15, 0.2) is 24.3 Å². The van der Waals surface area contributed by atoms with E-state index < -0.39 is 0 Å². The Bertz CT molecular complexity index is 303. The molecule has 0 heterocycles. The molecule has 0 amide bonds. The summed E-state index contributed by atoms with van der Waals surface area (Å²) in [5.41, 5.74) is 1.40. The summed E-state index contributed by atoms with van der Waals surface area (Å²) in [7, 11) is 1.71. The second-order valence-corrected chi connectivity index (χ2v) is 5.19. The van der Waals surface area contributed by atoms with E-state index in [0.29, 0.717) is 0 Å². The van der Waals surface area contributed by atoms with E-state index in [1.54, 1.807) is 7.11 Å². The SMILES string of the molecule is CCC(CC)C(CBr)Cc1ccc(OC)cc1. The van der Waals surface area contributed by atoms with Gasteiger partial charge in [-0.05, 0) is 36.0 Å². The van der Waals surface area contributed by atoms with Crippen molar-refractivity contribution in [1.29, 1.82) is 0 Å². The monoisotopic (exact) mass is 298 g/mol. The Balaban J connectivity index is 2.66. The molecule has 0 aliphatic carbocycles. The van der Waals surface area contributed by atoms with Crippen LogP contribution in [-0.4, -0.2) is 12.4 Å². The van der Waals surface area contributed by atoms with Crippen molar-refractivity contribution in [3.05, 3.63) is 29.8 Å². The van der Waals surface area contributed by atoms with E-state index in [2.05, 4.69) is 41.9 Å². The first kappa shape index (κ1) is 14.6. The molecule has 0 aliphatic rings. The number of alkyl halides is 1. The van der Waals surface area contributed by atoms with Gasteiger partial charge in [0.1, 0.15) is 5.75 Å². The second kappa shape index (κ2) is 7.75. The van der Waals surface area contributed by atoms with Crippen molar-refractivity contribution >= 4 is 15.9 Å². The van der Waals surface area contributed by atoms with Crippen LogP contribution in [0.5, 0.6) is 5.75 Å².